The fraction of sp³-hybridized carbons (Fsp3) is 0. The van der Waals surface area contributed by atoms with Gasteiger partial charge in [-0.1, -0.05) is 48.5 Å². The molecule has 0 aliphatic rings. The van der Waals surface area contributed by atoms with Crippen molar-refractivity contribution in [1.29, 1.82) is 0 Å². The predicted molar refractivity (Wildman–Crippen MR) is 155 cm³/mol. The molecule has 0 saturated carbocycles. The summed E-state index contributed by atoms with van der Waals surface area (Å²) in [6, 6.07) is 31.3. The lowest BCUT2D eigenvalue weighted by atomic mass is 10.1. The van der Waals surface area contributed by atoms with E-state index in [1.807, 2.05) is 97.1 Å². The maximum absolute atomic E-state index is 4.93. The molecule has 40 heavy (non-hydrogen) atoms. The summed E-state index contributed by atoms with van der Waals surface area (Å²) in [5, 5.41) is 0. The second-order valence-electron chi connectivity index (χ2n) is 9.06. The normalized spacial score (nSPS) is 11.0. The summed E-state index contributed by atoms with van der Waals surface area (Å²) in [6.45, 7) is 0. The van der Waals surface area contributed by atoms with Gasteiger partial charge in [0.05, 0.1) is 34.2 Å². The molecule has 0 aliphatic carbocycles. The van der Waals surface area contributed by atoms with Crippen LogP contribution in [0.25, 0.3) is 68.3 Å². The second-order valence-corrected chi connectivity index (χ2v) is 9.06. The van der Waals surface area contributed by atoms with E-state index in [9.17, 15) is 0 Å². The van der Waals surface area contributed by atoms with Crippen molar-refractivity contribution in [2.24, 2.45) is 0 Å². The van der Waals surface area contributed by atoms with Crippen LogP contribution in [0.15, 0.2) is 122 Å². The summed E-state index contributed by atoms with van der Waals surface area (Å²) in [5.74, 6) is 1.46. The average Bonchev–Trinajstić information content (AvgIpc) is 3.69. The lowest BCUT2D eigenvalue weighted by molar-refractivity contribution is 1.26. The molecule has 0 atom stereocenters. The molecule has 7 rings (SSSR count). The minimum Gasteiger partial charge on any atom is -0.336 e. The summed E-state index contributed by atoms with van der Waals surface area (Å²) in [5.41, 5.74) is 8.19. The van der Waals surface area contributed by atoms with Gasteiger partial charge in [0.25, 0.3) is 0 Å². The molecule has 190 valence electrons. The zero-order chi connectivity index (χ0) is 26.7. The van der Waals surface area contributed by atoms with Crippen LogP contribution in [0.1, 0.15) is 0 Å². The summed E-state index contributed by atoms with van der Waals surface area (Å²) in [6.07, 6.45) is 7.08. The largest absolute Gasteiger partial charge is 0.336 e. The van der Waals surface area contributed by atoms with Crippen molar-refractivity contribution in [1.82, 2.24) is 39.9 Å². The fourth-order valence-corrected chi connectivity index (χ4v) is 4.57. The smallest absolute Gasteiger partial charge is 0.138 e. The van der Waals surface area contributed by atoms with Crippen LogP contribution in [0.3, 0.4) is 0 Å². The summed E-state index contributed by atoms with van der Waals surface area (Å²) in [7, 11) is 0. The predicted octanol–water partition coefficient (Wildman–Crippen LogP) is 6.71. The number of benzene rings is 1. The van der Waals surface area contributed by atoms with Crippen molar-refractivity contribution in [3.05, 3.63) is 122 Å². The van der Waals surface area contributed by atoms with Gasteiger partial charge in [-0.25, -0.2) is 9.97 Å². The van der Waals surface area contributed by atoms with Gasteiger partial charge in [-0.2, -0.15) is 0 Å². The Hall–Kier alpha value is -5.76. The second kappa shape index (κ2) is 10.2. The van der Waals surface area contributed by atoms with Crippen molar-refractivity contribution < 1.29 is 0 Å². The molecule has 8 heteroatoms. The number of imidazole rings is 2. The first-order valence-corrected chi connectivity index (χ1v) is 12.8. The third kappa shape index (κ3) is 4.43. The molecule has 0 unspecified atom stereocenters. The zero-order valence-electron chi connectivity index (χ0n) is 21.2. The molecular weight excluding hydrogens is 496 g/mol. The molecule has 6 heterocycles. The Bertz CT molecular complexity index is 1610. The van der Waals surface area contributed by atoms with Gasteiger partial charge in [0, 0.05) is 35.9 Å². The van der Waals surface area contributed by atoms with Crippen molar-refractivity contribution in [3.8, 4) is 68.3 Å². The number of pyridine rings is 4. The van der Waals surface area contributed by atoms with Crippen molar-refractivity contribution in [2.45, 2.75) is 0 Å². The van der Waals surface area contributed by atoms with Crippen LogP contribution >= 0.6 is 0 Å². The summed E-state index contributed by atoms with van der Waals surface area (Å²) >= 11 is 0. The van der Waals surface area contributed by atoms with Crippen molar-refractivity contribution >= 4 is 0 Å². The molecule has 0 fully saturated rings. The van der Waals surface area contributed by atoms with E-state index in [2.05, 4.69) is 29.9 Å². The number of H-pyrrole nitrogens is 2. The Morgan fingerprint density at radius 3 is 1.05 bits per heavy atom. The van der Waals surface area contributed by atoms with E-state index >= 15 is 0 Å². The van der Waals surface area contributed by atoms with Crippen LogP contribution in [-0.4, -0.2) is 39.9 Å². The molecule has 1 aromatic carbocycles. The SMILES string of the molecule is c1ccc(-c2nc(-c3ccc(-c4nc(-c5ccccn5)c(-c5ccccn5)[nH]4)cc3)[nH]c2-c2ccccn2)nc1. The van der Waals surface area contributed by atoms with E-state index in [4.69, 9.17) is 9.97 Å². The number of nitrogens with zero attached hydrogens (tertiary/aromatic N) is 6. The molecule has 2 N–H and O–H groups in total. The van der Waals surface area contributed by atoms with Gasteiger partial charge in [0.15, 0.2) is 0 Å². The van der Waals surface area contributed by atoms with E-state index in [1.165, 1.54) is 0 Å². The van der Waals surface area contributed by atoms with E-state index in [1.54, 1.807) is 24.8 Å². The van der Waals surface area contributed by atoms with E-state index in [0.717, 1.165) is 68.3 Å². The molecule has 0 saturated heterocycles. The Kier molecular flexibility index (Phi) is 5.95. The van der Waals surface area contributed by atoms with Crippen LogP contribution in [0, 0.1) is 0 Å². The Morgan fingerprint density at radius 1 is 0.375 bits per heavy atom. The van der Waals surface area contributed by atoms with Gasteiger partial charge >= 0.3 is 0 Å². The molecule has 0 aliphatic heterocycles. The number of hydrogen-bond donors (Lipinski definition) is 2. The molecule has 0 amide bonds. The highest BCUT2D eigenvalue weighted by Crippen LogP contribution is 2.34. The van der Waals surface area contributed by atoms with E-state index in [-0.39, 0.29) is 0 Å². The monoisotopic (exact) mass is 518 g/mol. The molecule has 0 bridgehead atoms. The van der Waals surface area contributed by atoms with Gasteiger partial charge < -0.3 is 9.97 Å². The molecule has 6 aromatic heterocycles. The summed E-state index contributed by atoms with van der Waals surface area (Å²) in [4.78, 5) is 34.9. The van der Waals surface area contributed by atoms with Gasteiger partial charge in [-0.05, 0) is 48.5 Å². The molecular formula is C32H22N8. The minimum absolute atomic E-state index is 0.732. The van der Waals surface area contributed by atoms with Crippen LogP contribution in [0.2, 0.25) is 0 Å². The van der Waals surface area contributed by atoms with Gasteiger partial charge in [0.1, 0.15) is 23.0 Å². The summed E-state index contributed by atoms with van der Waals surface area (Å²) < 4.78 is 0. The van der Waals surface area contributed by atoms with Crippen molar-refractivity contribution in [2.75, 3.05) is 0 Å². The quantitative estimate of drug-likeness (QED) is 0.253. The highest BCUT2D eigenvalue weighted by atomic mass is 15.0. The Morgan fingerprint density at radius 2 is 0.725 bits per heavy atom. The Labute approximate surface area is 230 Å². The van der Waals surface area contributed by atoms with Crippen LogP contribution < -0.4 is 0 Å². The maximum atomic E-state index is 4.93. The first-order valence-electron chi connectivity index (χ1n) is 12.8. The molecule has 8 nitrogen and oxygen atoms in total. The lowest BCUT2D eigenvalue weighted by Gasteiger charge is -2.01. The van der Waals surface area contributed by atoms with Gasteiger partial charge in [-0.15, -0.1) is 0 Å². The third-order valence-corrected chi connectivity index (χ3v) is 6.50. The lowest BCUT2D eigenvalue weighted by Crippen LogP contribution is -1.88. The molecule has 7 aromatic rings. The number of rotatable bonds is 6. The number of nitrogens with one attached hydrogen (secondary N) is 2. The minimum atomic E-state index is 0.732. The first-order chi connectivity index (χ1) is 19.8. The van der Waals surface area contributed by atoms with Crippen molar-refractivity contribution in [3.63, 3.8) is 0 Å². The maximum Gasteiger partial charge on any atom is 0.138 e. The Balaban J connectivity index is 1.28. The average molecular weight is 519 g/mol. The number of hydrogen-bond acceptors (Lipinski definition) is 6. The molecule has 0 spiro atoms. The molecule has 0 radical (unpaired) electrons. The number of aromatic amines is 2. The van der Waals surface area contributed by atoms with Crippen LogP contribution in [-0.2, 0) is 0 Å². The van der Waals surface area contributed by atoms with Gasteiger partial charge in [-0.3, -0.25) is 19.9 Å². The topological polar surface area (TPSA) is 109 Å². The van der Waals surface area contributed by atoms with E-state index < -0.39 is 0 Å². The third-order valence-electron chi connectivity index (χ3n) is 6.50. The van der Waals surface area contributed by atoms with Crippen LogP contribution in [0.4, 0.5) is 0 Å². The highest BCUT2D eigenvalue weighted by molar-refractivity contribution is 5.80. The first kappa shape index (κ1) is 23.4. The number of aromatic nitrogens is 8. The standard InChI is InChI=1S/C32H22N8/c1-5-17-33-23(9-1)27-28(24-10-2-6-18-34-24)38-31(37-27)21-13-15-22(16-14-21)32-39-29(25-11-3-7-19-35-25)30(40-32)26-12-4-8-20-36-26/h1-20H,(H,37,38)(H,39,40). The van der Waals surface area contributed by atoms with Gasteiger partial charge in [0.2, 0.25) is 0 Å². The highest BCUT2D eigenvalue weighted by Gasteiger charge is 2.19. The zero-order valence-corrected chi connectivity index (χ0v) is 21.2. The van der Waals surface area contributed by atoms with Crippen LogP contribution in [0.5, 0.6) is 0 Å². The fourth-order valence-electron chi connectivity index (χ4n) is 4.57. The van der Waals surface area contributed by atoms with E-state index in [0.29, 0.717) is 0 Å².